The van der Waals surface area contributed by atoms with Crippen LogP contribution in [0.3, 0.4) is 0 Å². The quantitative estimate of drug-likeness (QED) is 0.799. The smallest absolute Gasteiger partial charge is 0.137 e. The van der Waals surface area contributed by atoms with Crippen LogP contribution in [0.5, 0.6) is 0 Å². The number of hydrogen-bond donors (Lipinski definition) is 2. The monoisotopic (exact) mass is 276 g/mol. The minimum absolute atomic E-state index is 0.246. The lowest BCUT2D eigenvalue weighted by Gasteiger charge is -2.34. The van der Waals surface area contributed by atoms with Crippen LogP contribution in [-0.4, -0.2) is 24.9 Å². The number of nitrogens with zero attached hydrogens (tertiary/aromatic N) is 3. The second-order valence-corrected chi connectivity index (χ2v) is 4.98. The second kappa shape index (κ2) is 5.46. The van der Waals surface area contributed by atoms with Gasteiger partial charge in [-0.1, -0.05) is 49.5 Å². The van der Waals surface area contributed by atoms with Gasteiger partial charge in [-0.05, 0) is 5.56 Å². The molecular formula is C13H16N4OS. The SMILES string of the molecule is CC(C(N)=S)C(O)(Cn1cncn1)c1ccccc1. The first-order valence-corrected chi connectivity index (χ1v) is 6.34. The Bertz CT molecular complexity index is 543. The van der Waals surface area contributed by atoms with Crippen molar-refractivity contribution in [1.82, 2.24) is 14.8 Å². The van der Waals surface area contributed by atoms with E-state index < -0.39 is 5.60 Å². The van der Waals surface area contributed by atoms with Crippen molar-refractivity contribution in [2.24, 2.45) is 11.7 Å². The van der Waals surface area contributed by atoms with E-state index >= 15 is 0 Å². The minimum atomic E-state index is -1.21. The number of aliphatic hydroxyl groups is 1. The third-order valence-electron chi connectivity index (χ3n) is 3.29. The largest absolute Gasteiger partial charge is 0.393 e. The van der Waals surface area contributed by atoms with E-state index in [-0.39, 0.29) is 17.5 Å². The number of aromatic nitrogens is 3. The first-order valence-electron chi connectivity index (χ1n) is 5.93. The van der Waals surface area contributed by atoms with Crippen molar-refractivity contribution in [2.45, 2.75) is 19.1 Å². The van der Waals surface area contributed by atoms with Crippen molar-refractivity contribution < 1.29 is 5.11 Å². The fourth-order valence-corrected chi connectivity index (χ4v) is 2.20. The lowest BCUT2D eigenvalue weighted by Crippen LogP contribution is -2.43. The highest BCUT2D eigenvalue weighted by molar-refractivity contribution is 7.80. The van der Waals surface area contributed by atoms with Gasteiger partial charge in [0.25, 0.3) is 0 Å². The van der Waals surface area contributed by atoms with Gasteiger partial charge in [0.05, 0.1) is 11.5 Å². The second-order valence-electron chi connectivity index (χ2n) is 4.51. The summed E-state index contributed by atoms with van der Waals surface area (Å²) in [6.07, 6.45) is 2.98. The van der Waals surface area contributed by atoms with Crippen LogP contribution in [0.1, 0.15) is 12.5 Å². The molecule has 6 heteroatoms. The molecule has 2 unspecified atom stereocenters. The van der Waals surface area contributed by atoms with Crippen LogP contribution in [0.25, 0.3) is 0 Å². The van der Waals surface area contributed by atoms with E-state index in [2.05, 4.69) is 10.1 Å². The molecule has 0 aliphatic rings. The third-order valence-corrected chi connectivity index (χ3v) is 3.64. The van der Waals surface area contributed by atoms with Crippen LogP contribution >= 0.6 is 12.2 Å². The molecular weight excluding hydrogens is 260 g/mol. The van der Waals surface area contributed by atoms with Gasteiger partial charge in [-0.3, -0.25) is 0 Å². The zero-order chi connectivity index (χ0) is 13.9. The predicted molar refractivity (Wildman–Crippen MR) is 76.3 cm³/mol. The summed E-state index contributed by atoms with van der Waals surface area (Å²) in [5, 5.41) is 15.1. The number of hydrogen-bond acceptors (Lipinski definition) is 4. The van der Waals surface area contributed by atoms with Crippen LogP contribution in [0.4, 0.5) is 0 Å². The molecule has 1 aromatic carbocycles. The first kappa shape index (κ1) is 13.6. The molecule has 0 fully saturated rings. The number of rotatable bonds is 5. The minimum Gasteiger partial charge on any atom is -0.393 e. The topological polar surface area (TPSA) is 77.0 Å². The summed E-state index contributed by atoms with van der Waals surface area (Å²) in [7, 11) is 0. The van der Waals surface area contributed by atoms with E-state index in [1.54, 1.807) is 11.0 Å². The third kappa shape index (κ3) is 2.80. The Hall–Kier alpha value is -1.79. The summed E-state index contributed by atoms with van der Waals surface area (Å²) in [4.78, 5) is 4.15. The fourth-order valence-electron chi connectivity index (χ4n) is 2.00. The summed E-state index contributed by atoms with van der Waals surface area (Å²) < 4.78 is 1.57. The average molecular weight is 276 g/mol. The highest BCUT2D eigenvalue weighted by Crippen LogP contribution is 2.31. The molecule has 3 N–H and O–H groups in total. The zero-order valence-electron chi connectivity index (χ0n) is 10.6. The Kier molecular flexibility index (Phi) is 3.92. The molecule has 2 rings (SSSR count). The maximum atomic E-state index is 11.0. The van der Waals surface area contributed by atoms with E-state index in [1.807, 2.05) is 37.3 Å². The Balaban J connectivity index is 2.41. The maximum Gasteiger partial charge on any atom is 0.137 e. The molecule has 0 amide bonds. The van der Waals surface area contributed by atoms with E-state index in [9.17, 15) is 5.11 Å². The normalized spacial score (nSPS) is 15.7. The van der Waals surface area contributed by atoms with Crippen molar-refractivity contribution in [1.29, 1.82) is 0 Å². The zero-order valence-corrected chi connectivity index (χ0v) is 11.4. The van der Waals surface area contributed by atoms with Crippen LogP contribution in [0.2, 0.25) is 0 Å². The van der Waals surface area contributed by atoms with Crippen LogP contribution < -0.4 is 5.73 Å². The van der Waals surface area contributed by atoms with Crippen molar-refractivity contribution in [3.8, 4) is 0 Å². The summed E-state index contributed by atoms with van der Waals surface area (Å²) in [6, 6.07) is 9.34. The molecule has 19 heavy (non-hydrogen) atoms. The number of nitrogens with two attached hydrogens (primary N) is 1. The maximum absolute atomic E-state index is 11.0. The lowest BCUT2D eigenvalue weighted by molar-refractivity contribution is -0.0122. The predicted octanol–water partition coefficient (Wildman–Crippen LogP) is 1.09. The van der Waals surface area contributed by atoms with Gasteiger partial charge in [-0.25, -0.2) is 9.67 Å². The van der Waals surface area contributed by atoms with Crippen LogP contribution in [0, 0.1) is 5.92 Å². The highest BCUT2D eigenvalue weighted by atomic mass is 32.1. The van der Waals surface area contributed by atoms with E-state index in [0.29, 0.717) is 0 Å². The van der Waals surface area contributed by atoms with E-state index in [4.69, 9.17) is 18.0 Å². The standard InChI is InChI=1S/C13H16N4OS/c1-10(12(14)19)13(18,7-17-9-15-8-16-17)11-5-3-2-4-6-11/h2-6,8-10,18H,7H2,1H3,(H2,14,19). The molecule has 0 bridgehead atoms. The molecule has 0 saturated heterocycles. The Morgan fingerprint density at radius 1 is 1.47 bits per heavy atom. The average Bonchev–Trinajstić information content (AvgIpc) is 2.91. The summed E-state index contributed by atoms with van der Waals surface area (Å²) in [5.74, 6) is -0.380. The molecule has 0 aliphatic heterocycles. The fraction of sp³-hybridized carbons (Fsp3) is 0.308. The molecule has 0 radical (unpaired) electrons. The van der Waals surface area contributed by atoms with Gasteiger partial charge in [0, 0.05) is 5.92 Å². The summed E-state index contributed by atoms with van der Waals surface area (Å²) in [5.41, 5.74) is 5.26. The molecule has 0 aliphatic carbocycles. The van der Waals surface area contributed by atoms with Gasteiger partial charge in [0.1, 0.15) is 18.3 Å². The van der Waals surface area contributed by atoms with E-state index in [0.717, 1.165) is 5.56 Å². The Morgan fingerprint density at radius 3 is 2.68 bits per heavy atom. The van der Waals surface area contributed by atoms with Crippen molar-refractivity contribution in [2.75, 3.05) is 0 Å². The molecule has 100 valence electrons. The van der Waals surface area contributed by atoms with Gasteiger partial charge in [-0.15, -0.1) is 0 Å². The van der Waals surface area contributed by atoms with Crippen LogP contribution in [-0.2, 0) is 12.1 Å². The Labute approximate surface area is 117 Å². The molecule has 0 saturated carbocycles. The first-order chi connectivity index (χ1) is 9.04. The molecule has 1 heterocycles. The van der Waals surface area contributed by atoms with Crippen molar-refractivity contribution in [3.63, 3.8) is 0 Å². The lowest BCUT2D eigenvalue weighted by atomic mass is 9.82. The van der Waals surface area contributed by atoms with Gasteiger partial charge >= 0.3 is 0 Å². The summed E-state index contributed by atoms with van der Waals surface area (Å²) >= 11 is 5.03. The molecule has 2 atom stereocenters. The van der Waals surface area contributed by atoms with Crippen molar-refractivity contribution in [3.05, 3.63) is 48.5 Å². The van der Waals surface area contributed by atoms with Gasteiger partial charge < -0.3 is 10.8 Å². The molecule has 0 spiro atoms. The molecule has 1 aromatic heterocycles. The number of benzene rings is 1. The van der Waals surface area contributed by atoms with Crippen LogP contribution in [0.15, 0.2) is 43.0 Å². The molecule has 5 nitrogen and oxygen atoms in total. The molecule has 2 aromatic rings. The van der Waals surface area contributed by atoms with Crippen molar-refractivity contribution >= 4 is 17.2 Å². The van der Waals surface area contributed by atoms with E-state index in [1.165, 1.54) is 6.33 Å². The summed E-state index contributed by atoms with van der Waals surface area (Å²) in [6.45, 7) is 2.06. The van der Waals surface area contributed by atoms with Gasteiger partial charge in [0.15, 0.2) is 0 Å². The van der Waals surface area contributed by atoms with Gasteiger partial charge in [0.2, 0.25) is 0 Å². The van der Waals surface area contributed by atoms with Gasteiger partial charge in [-0.2, -0.15) is 5.10 Å². The highest BCUT2D eigenvalue weighted by Gasteiger charge is 2.38. The number of thiocarbonyl (C=S) groups is 1. The Morgan fingerprint density at radius 2 is 2.16 bits per heavy atom.